The summed E-state index contributed by atoms with van der Waals surface area (Å²) in [7, 11) is 0. The Bertz CT molecular complexity index is 264. The molecular weight excluding hydrogens is 134 g/mol. The van der Waals surface area contributed by atoms with E-state index in [0.29, 0.717) is 0 Å². The Hall–Kier alpha value is -1.24. The largest absolute Gasteiger partial charge is 0.399 e. The number of hydrogen-bond acceptors (Lipinski definition) is 1. The van der Waals surface area contributed by atoms with E-state index in [1.54, 1.807) is 0 Å². The second-order valence-electron chi connectivity index (χ2n) is 2.68. The minimum Gasteiger partial charge on any atom is -0.399 e. The predicted molar refractivity (Wildman–Crippen MR) is 49.5 cm³/mol. The molecule has 0 atom stereocenters. The molecule has 0 aliphatic rings. The van der Waals surface area contributed by atoms with Crippen LogP contribution in [0.1, 0.15) is 11.1 Å². The third-order valence-corrected chi connectivity index (χ3v) is 1.74. The van der Waals surface area contributed by atoms with Gasteiger partial charge in [-0.25, -0.2) is 0 Å². The molecule has 0 aromatic heterocycles. The fourth-order valence-corrected chi connectivity index (χ4v) is 1.07. The van der Waals surface area contributed by atoms with Gasteiger partial charge in [-0.3, -0.25) is 0 Å². The maximum absolute atomic E-state index is 5.62. The first kappa shape index (κ1) is 7.86. The van der Waals surface area contributed by atoms with E-state index >= 15 is 0 Å². The van der Waals surface area contributed by atoms with E-state index in [9.17, 15) is 0 Å². The fraction of sp³-hybridized carbons (Fsp3) is 0.200. The van der Waals surface area contributed by atoms with Crippen LogP contribution in [0.5, 0.6) is 0 Å². The highest BCUT2D eigenvalue weighted by Crippen LogP contribution is 2.12. The van der Waals surface area contributed by atoms with Crippen LogP contribution in [-0.2, 0) is 6.42 Å². The van der Waals surface area contributed by atoms with Crippen molar-refractivity contribution in [2.75, 3.05) is 5.73 Å². The third kappa shape index (κ3) is 1.84. The summed E-state index contributed by atoms with van der Waals surface area (Å²) in [4.78, 5) is 0. The Morgan fingerprint density at radius 2 is 2.27 bits per heavy atom. The molecule has 1 heteroatoms. The molecule has 0 bridgehead atoms. The Kier molecular flexibility index (Phi) is 2.32. The van der Waals surface area contributed by atoms with E-state index in [1.807, 2.05) is 24.3 Å². The summed E-state index contributed by atoms with van der Waals surface area (Å²) in [5, 5.41) is 0. The van der Waals surface area contributed by atoms with Gasteiger partial charge in [-0.05, 0) is 36.6 Å². The van der Waals surface area contributed by atoms with Crippen LogP contribution in [0.25, 0.3) is 0 Å². The van der Waals surface area contributed by atoms with Gasteiger partial charge in [0.2, 0.25) is 0 Å². The van der Waals surface area contributed by atoms with Crippen molar-refractivity contribution in [1.82, 2.24) is 0 Å². The molecule has 1 rings (SSSR count). The van der Waals surface area contributed by atoms with Crippen molar-refractivity contribution in [2.24, 2.45) is 0 Å². The molecule has 11 heavy (non-hydrogen) atoms. The SMILES string of the molecule is C=CCc1cc(N)ccc1C. The third-order valence-electron chi connectivity index (χ3n) is 1.74. The van der Waals surface area contributed by atoms with Gasteiger partial charge in [0.25, 0.3) is 0 Å². The molecule has 0 saturated heterocycles. The zero-order valence-electron chi connectivity index (χ0n) is 6.80. The molecule has 0 saturated carbocycles. The molecule has 0 unspecified atom stereocenters. The molecule has 1 aromatic carbocycles. The predicted octanol–water partition coefficient (Wildman–Crippen LogP) is 2.31. The number of anilines is 1. The average molecular weight is 147 g/mol. The van der Waals surface area contributed by atoms with Gasteiger partial charge >= 0.3 is 0 Å². The number of rotatable bonds is 2. The van der Waals surface area contributed by atoms with Crippen molar-refractivity contribution in [2.45, 2.75) is 13.3 Å². The van der Waals surface area contributed by atoms with Crippen LogP contribution in [0.2, 0.25) is 0 Å². The van der Waals surface area contributed by atoms with Crippen LogP contribution in [0.3, 0.4) is 0 Å². The highest BCUT2D eigenvalue weighted by atomic mass is 14.5. The van der Waals surface area contributed by atoms with Crippen LogP contribution in [0.4, 0.5) is 5.69 Å². The van der Waals surface area contributed by atoms with Gasteiger partial charge in [-0.15, -0.1) is 6.58 Å². The molecule has 0 amide bonds. The molecule has 0 aliphatic carbocycles. The Morgan fingerprint density at radius 1 is 1.55 bits per heavy atom. The second kappa shape index (κ2) is 3.24. The monoisotopic (exact) mass is 147 g/mol. The smallest absolute Gasteiger partial charge is 0.0317 e. The minimum absolute atomic E-state index is 0.826. The Morgan fingerprint density at radius 3 is 2.91 bits per heavy atom. The van der Waals surface area contributed by atoms with E-state index < -0.39 is 0 Å². The van der Waals surface area contributed by atoms with E-state index in [1.165, 1.54) is 11.1 Å². The Labute approximate surface area is 67.5 Å². The first-order valence-electron chi connectivity index (χ1n) is 3.70. The van der Waals surface area contributed by atoms with Crippen molar-refractivity contribution >= 4 is 5.69 Å². The first-order chi connectivity index (χ1) is 5.24. The molecule has 0 aliphatic heterocycles. The maximum Gasteiger partial charge on any atom is 0.0317 e. The van der Waals surface area contributed by atoms with Gasteiger partial charge in [-0.2, -0.15) is 0 Å². The lowest BCUT2D eigenvalue weighted by Crippen LogP contribution is -1.90. The molecule has 1 aromatic rings. The lowest BCUT2D eigenvalue weighted by Gasteiger charge is -2.02. The van der Waals surface area contributed by atoms with Gasteiger partial charge in [0.15, 0.2) is 0 Å². The number of nitrogens with two attached hydrogens (primary N) is 1. The molecule has 58 valence electrons. The highest BCUT2D eigenvalue weighted by molar-refractivity contribution is 5.44. The number of aryl methyl sites for hydroxylation is 1. The lowest BCUT2D eigenvalue weighted by molar-refractivity contribution is 1.22. The highest BCUT2D eigenvalue weighted by Gasteiger charge is 1.95. The number of hydrogen-bond donors (Lipinski definition) is 1. The summed E-state index contributed by atoms with van der Waals surface area (Å²) in [5.41, 5.74) is 8.99. The fourth-order valence-electron chi connectivity index (χ4n) is 1.07. The van der Waals surface area contributed by atoms with Gasteiger partial charge < -0.3 is 5.73 Å². The minimum atomic E-state index is 0.826. The van der Waals surface area contributed by atoms with E-state index in [4.69, 9.17) is 5.73 Å². The van der Waals surface area contributed by atoms with Gasteiger partial charge in [0, 0.05) is 5.69 Å². The van der Waals surface area contributed by atoms with Crippen LogP contribution in [-0.4, -0.2) is 0 Å². The lowest BCUT2D eigenvalue weighted by atomic mass is 10.1. The number of nitrogen functional groups attached to an aromatic ring is 1. The van der Waals surface area contributed by atoms with Crippen LogP contribution in [0, 0.1) is 6.92 Å². The summed E-state index contributed by atoms with van der Waals surface area (Å²) in [5.74, 6) is 0. The summed E-state index contributed by atoms with van der Waals surface area (Å²) < 4.78 is 0. The van der Waals surface area contributed by atoms with Crippen molar-refractivity contribution in [3.8, 4) is 0 Å². The molecular formula is C10H13N. The zero-order chi connectivity index (χ0) is 8.27. The van der Waals surface area contributed by atoms with Crippen molar-refractivity contribution in [1.29, 1.82) is 0 Å². The quantitative estimate of drug-likeness (QED) is 0.504. The van der Waals surface area contributed by atoms with Crippen LogP contribution in [0.15, 0.2) is 30.9 Å². The number of allylic oxidation sites excluding steroid dienone is 1. The van der Waals surface area contributed by atoms with E-state index in [0.717, 1.165) is 12.1 Å². The van der Waals surface area contributed by atoms with Crippen LogP contribution >= 0.6 is 0 Å². The summed E-state index contributed by atoms with van der Waals surface area (Å²) in [6, 6.07) is 5.95. The van der Waals surface area contributed by atoms with Crippen molar-refractivity contribution in [3.05, 3.63) is 42.0 Å². The standard InChI is InChI=1S/C10H13N/c1-3-4-9-7-10(11)6-5-8(9)2/h3,5-7H,1,4,11H2,2H3. The van der Waals surface area contributed by atoms with Gasteiger partial charge in [-0.1, -0.05) is 12.1 Å². The number of benzene rings is 1. The average Bonchev–Trinajstić information content (AvgIpc) is 1.98. The summed E-state index contributed by atoms with van der Waals surface area (Å²) in [6.45, 7) is 5.77. The first-order valence-corrected chi connectivity index (χ1v) is 3.70. The molecule has 0 heterocycles. The summed E-state index contributed by atoms with van der Waals surface area (Å²) in [6.07, 6.45) is 2.79. The maximum atomic E-state index is 5.62. The van der Waals surface area contributed by atoms with Crippen LogP contribution < -0.4 is 5.73 Å². The summed E-state index contributed by atoms with van der Waals surface area (Å²) >= 11 is 0. The second-order valence-corrected chi connectivity index (χ2v) is 2.68. The van der Waals surface area contributed by atoms with Gasteiger partial charge in [0.1, 0.15) is 0 Å². The van der Waals surface area contributed by atoms with E-state index in [2.05, 4.69) is 13.5 Å². The van der Waals surface area contributed by atoms with Gasteiger partial charge in [0.05, 0.1) is 0 Å². The van der Waals surface area contributed by atoms with Crippen molar-refractivity contribution in [3.63, 3.8) is 0 Å². The molecule has 1 nitrogen and oxygen atoms in total. The molecule has 0 fully saturated rings. The molecule has 0 spiro atoms. The normalized spacial score (nSPS) is 9.55. The topological polar surface area (TPSA) is 26.0 Å². The Balaban J connectivity index is 3.01. The zero-order valence-corrected chi connectivity index (χ0v) is 6.80. The molecule has 0 radical (unpaired) electrons. The molecule has 2 N–H and O–H groups in total. The van der Waals surface area contributed by atoms with Crippen molar-refractivity contribution < 1.29 is 0 Å². The van der Waals surface area contributed by atoms with E-state index in [-0.39, 0.29) is 0 Å².